The van der Waals surface area contributed by atoms with E-state index in [-0.39, 0.29) is 0 Å². The molecule has 3 nitrogen and oxygen atoms in total. The van der Waals surface area contributed by atoms with Crippen LogP contribution in [0.5, 0.6) is 0 Å². The zero-order chi connectivity index (χ0) is 13.8. The molecule has 2 atom stereocenters. The molecule has 2 fully saturated rings. The molecule has 3 rings (SSSR count). The van der Waals surface area contributed by atoms with Crippen molar-refractivity contribution in [2.45, 2.75) is 32.2 Å². The Morgan fingerprint density at radius 1 is 1.35 bits per heavy atom. The second-order valence-corrected chi connectivity index (χ2v) is 6.82. The molecule has 2 N–H and O–H groups in total. The fraction of sp³-hybridized carbons (Fsp3) is 0.647. The maximum Gasteiger partial charge on any atom is 0.0388 e. The molecule has 2 heterocycles. The summed E-state index contributed by atoms with van der Waals surface area (Å²) in [5.41, 5.74) is 1.74. The maximum absolute atomic E-state index is 3.69. The van der Waals surface area contributed by atoms with Crippen molar-refractivity contribution < 1.29 is 0 Å². The van der Waals surface area contributed by atoms with Crippen molar-refractivity contribution in [3.8, 4) is 0 Å². The SMILES string of the molecule is CC1(CN2CCCC(Nc3ccccc3)C2)CCNC1. The first kappa shape index (κ1) is 13.9. The lowest BCUT2D eigenvalue weighted by Crippen LogP contribution is -2.46. The van der Waals surface area contributed by atoms with Crippen molar-refractivity contribution in [3.63, 3.8) is 0 Å². The van der Waals surface area contributed by atoms with Crippen LogP contribution in [0.25, 0.3) is 0 Å². The lowest BCUT2D eigenvalue weighted by molar-refractivity contribution is 0.146. The van der Waals surface area contributed by atoms with Gasteiger partial charge in [-0.15, -0.1) is 0 Å². The van der Waals surface area contributed by atoms with Crippen LogP contribution >= 0.6 is 0 Å². The number of rotatable bonds is 4. The summed E-state index contributed by atoms with van der Waals surface area (Å²) in [6.07, 6.45) is 3.93. The molecule has 2 aliphatic rings. The molecule has 0 bridgehead atoms. The van der Waals surface area contributed by atoms with E-state index in [1.54, 1.807) is 0 Å². The lowest BCUT2D eigenvalue weighted by atomic mass is 9.88. The molecule has 0 aliphatic carbocycles. The van der Waals surface area contributed by atoms with Crippen LogP contribution < -0.4 is 10.6 Å². The molecule has 3 heteroatoms. The second kappa shape index (κ2) is 6.15. The molecule has 0 amide bonds. The topological polar surface area (TPSA) is 27.3 Å². The summed E-state index contributed by atoms with van der Waals surface area (Å²) in [6, 6.07) is 11.2. The van der Waals surface area contributed by atoms with Gasteiger partial charge in [-0.25, -0.2) is 0 Å². The number of nitrogens with zero attached hydrogens (tertiary/aromatic N) is 1. The first-order chi connectivity index (χ1) is 9.73. The maximum atomic E-state index is 3.69. The van der Waals surface area contributed by atoms with Crippen LogP contribution in [0, 0.1) is 5.41 Å². The van der Waals surface area contributed by atoms with Gasteiger partial charge in [0.25, 0.3) is 0 Å². The third-order valence-electron chi connectivity index (χ3n) is 4.71. The Kier molecular flexibility index (Phi) is 4.27. The molecule has 20 heavy (non-hydrogen) atoms. The number of nitrogens with one attached hydrogen (secondary N) is 2. The minimum Gasteiger partial charge on any atom is -0.381 e. The van der Waals surface area contributed by atoms with E-state index < -0.39 is 0 Å². The van der Waals surface area contributed by atoms with Gasteiger partial charge in [-0.05, 0) is 49.9 Å². The van der Waals surface area contributed by atoms with E-state index in [1.807, 2.05) is 0 Å². The fourth-order valence-electron chi connectivity index (χ4n) is 3.63. The van der Waals surface area contributed by atoms with Crippen LogP contribution in [0.1, 0.15) is 26.2 Å². The molecule has 0 aromatic heterocycles. The summed E-state index contributed by atoms with van der Waals surface area (Å²) in [5, 5.41) is 7.20. The van der Waals surface area contributed by atoms with Crippen molar-refractivity contribution >= 4 is 5.69 Å². The third kappa shape index (κ3) is 3.53. The standard InChI is InChI=1S/C17H27N3/c1-17(9-10-18-13-17)14-20-11-5-8-16(12-20)19-15-6-3-2-4-7-15/h2-4,6-7,16,18-19H,5,8-14H2,1H3. The van der Waals surface area contributed by atoms with Gasteiger partial charge in [0.1, 0.15) is 0 Å². The smallest absolute Gasteiger partial charge is 0.0388 e. The third-order valence-corrected chi connectivity index (χ3v) is 4.71. The van der Waals surface area contributed by atoms with E-state index in [9.17, 15) is 0 Å². The first-order valence-electron chi connectivity index (χ1n) is 7.98. The fourth-order valence-corrected chi connectivity index (χ4v) is 3.63. The number of hydrogen-bond donors (Lipinski definition) is 2. The lowest BCUT2D eigenvalue weighted by Gasteiger charge is -2.38. The Balaban J connectivity index is 1.54. The summed E-state index contributed by atoms with van der Waals surface area (Å²) in [6.45, 7) is 8.50. The van der Waals surface area contributed by atoms with Crippen molar-refractivity contribution in [2.75, 3.05) is 38.0 Å². The van der Waals surface area contributed by atoms with E-state index in [4.69, 9.17) is 0 Å². The molecule has 0 saturated carbocycles. The normalized spacial score (nSPS) is 31.4. The molecular formula is C17H27N3. The minimum absolute atomic E-state index is 0.481. The molecule has 2 saturated heterocycles. The van der Waals surface area contributed by atoms with Gasteiger partial charge >= 0.3 is 0 Å². The van der Waals surface area contributed by atoms with Gasteiger partial charge in [0, 0.05) is 31.4 Å². The highest BCUT2D eigenvalue weighted by Crippen LogP contribution is 2.27. The number of piperidine rings is 1. The van der Waals surface area contributed by atoms with Gasteiger partial charge in [0.05, 0.1) is 0 Å². The molecule has 0 spiro atoms. The molecule has 110 valence electrons. The van der Waals surface area contributed by atoms with Gasteiger partial charge in [0.2, 0.25) is 0 Å². The Bertz CT molecular complexity index is 412. The van der Waals surface area contributed by atoms with E-state index in [0.717, 1.165) is 0 Å². The Morgan fingerprint density at radius 3 is 2.95 bits per heavy atom. The zero-order valence-corrected chi connectivity index (χ0v) is 12.6. The number of benzene rings is 1. The first-order valence-corrected chi connectivity index (χ1v) is 7.98. The summed E-state index contributed by atoms with van der Waals surface area (Å²) in [7, 11) is 0. The predicted octanol–water partition coefficient (Wildman–Crippen LogP) is 2.56. The van der Waals surface area contributed by atoms with E-state index >= 15 is 0 Å². The molecule has 2 unspecified atom stereocenters. The Morgan fingerprint density at radius 2 is 2.20 bits per heavy atom. The summed E-state index contributed by atoms with van der Waals surface area (Å²) < 4.78 is 0. The highest BCUT2D eigenvalue weighted by Gasteiger charge is 2.32. The highest BCUT2D eigenvalue weighted by atomic mass is 15.2. The molecule has 1 aromatic carbocycles. The Labute approximate surface area is 122 Å². The molecule has 1 aromatic rings. The monoisotopic (exact) mass is 273 g/mol. The van der Waals surface area contributed by atoms with Crippen LogP contribution in [-0.2, 0) is 0 Å². The van der Waals surface area contributed by atoms with E-state index in [0.29, 0.717) is 11.5 Å². The largest absolute Gasteiger partial charge is 0.381 e. The summed E-state index contributed by atoms with van der Waals surface area (Å²) in [4.78, 5) is 2.66. The summed E-state index contributed by atoms with van der Waals surface area (Å²) >= 11 is 0. The van der Waals surface area contributed by atoms with Crippen molar-refractivity contribution in [1.82, 2.24) is 10.2 Å². The van der Waals surface area contributed by atoms with Crippen LogP contribution in [0.3, 0.4) is 0 Å². The average Bonchev–Trinajstić information content (AvgIpc) is 2.87. The Hall–Kier alpha value is -1.06. The number of hydrogen-bond acceptors (Lipinski definition) is 3. The minimum atomic E-state index is 0.481. The number of para-hydroxylation sites is 1. The zero-order valence-electron chi connectivity index (χ0n) is 12.6. The molecular weight excluding hydrogens is 246 g/mol. The van der Waals surface area contributed by atoms with Crippen molar-refractivity contribution in [2.24, 2.45) is 5.41 Å². The van der Waals surface area contributed by atoms with Gasteiger partial charge in [-0.2, -0.15) is 0 Å². The van der Waals surface area contributed by atoms with Crippen LogP contribution in [-0.4, -0.2) is 43.7 Å². The summed E-state index contributed by atoms with van der Waals surface area (Å²) in [5.74, 6) is 0. The van der Waals surface area contributed by atoms with Gasteiger partial charge in [0.15, 0.2) is 0 Å². The van der Waals surface area contributed by atoms with Crippen LogP contribution in [0.2, 0.25) is 0 Å². The molecule has 2 aliphatic heterocycles. The average molecular weight is 273 g/mol. The van der Waals surface area contributed by atoms with E-state index in [2.05, 4.69) is 52.8 Å². The molecule has 0 radical (unpaired) electrons. The second-order valence-electron chi connectivity index (χ2n) is 6.82. The van der Waals surface area contributed by atoms with Gasteiger partial charge < -0.3 is 15.5 Å². The van der Waals surface area contributed by atoms with Gasteiger partial charge in [-0.3, -0.25) is 0 Å². The van der Waals surface area contributed by atoms with E-state index in [1.165, 1.54) is 57.7 Å². The van der Waals surface area contributed by atoms with Crippen molar-refractivity contribution in [3.05, 3.63) is 30.3 Å². The highest BCUT2D eigenvalue weighted by molar-refractivity contribution is 5.43. The predicted molar refractivity (Wildman–Crippen MR) is 85.1 cm³/mol. The van der Waals surface area contributed by atoms with Crippen molar-refractivity contribution in [1.29, 1.82) is 0 Å². The number of anilines is 1. The quantitative estimate of drug-likeness (QED) is 0.883. The van der Waals surface area contributed by atoms with Crippen LogP contribution in [0.15, 0.2) is 30.3 Å². The number of likely N-dealkylation sites (tertiary alicyclic amines) is 1. The van der Waals surface area contributed by atoms with Crippen LogP contribution in [0.4, 0.5) is 5.69 Å². The van der Waals surface area contributed by atoms with Gasteiger partial charge in [-0.1, -0.05) is 25.1 Å².